The summed E-state index contributed by atoms with van der Waals surface area (Å²) in [6.07, 6.45) is -2.71. The molecule has 0 aromatic heterocycles. The van der Waals surface area contributed by atoms with Crippen molar-refractivity contribution in [3.63, 3.8) is 0 Å². The second kappa shape index (κ2) is 5.96. The molecular formula is C16H13FN2O4. The summed E-state index contributed by atoms with van der Waals surface area (Å²) in [5, 5.41) is 4.87. The van der Waals surface area contributed by atoms with E-state index in [1.165, 1.54) is 18.2 Å². The molecule has 1 aliphatic heterocycles. The molecule has 23 heavy (non-hydrogen) atoms. The van der Waals surface area contributed by atoms with E-state index in [0.29, 0.717) is 11.4 Å². The van der Waals surface area contributed by atoms with Crippen molar-refractivity contribution in [1.82, 2.24) is 0 Å². The average Bonchev–Trinajstić information content (AvgIpc) is 2.51. The number of amides is 2. The number of alkyl halides is 1. The van der Waals surface area contributed by atoms with E-state index in [1.54, 1.807) is 12.1 Å². The normalized spacial score (nSPS) is 15.9. The number of hydrogen-bond acceptors (Lipinski definition) is 4. The summed E-state index contributed by atoms with van der Waals surface area (Å²) in [5.41, 5.74) is 1.70. The van der Waals surface area contributed by atoms with Crippen LogP contribution in [0.5, 0.6) is 11.5 Å². The molecule has 2 aromatic carbocycles. The van der Waals surface area contributed by atoms with Crippen molar-refractivity contribution in [2.45, 2.75) is 13.3 Å². The summed E-state index contributed by atoms with van der Waals surface area (Å²) < 4.78 is 23.0. The van der Waals surface area contributed by atoms with Crippen LogP contribution >= 0.6 is 0 Å². The molecule has 0 radical (unpaired) electrons. The van der Waals surface area contributed by atoms with Crippen molar-refractivity contribution in [2.24, 2.45) is 0 Å². The van der Waals surface area contributed by atoms with E-state index in [-0.39, 0.29) is 11.4 Å². The second-order valence-electron chi connectivity index (χ2n) is 4.96. The van der Waals surface area contributed by atoms with Crippen LogP contribution in [0.15, 0.2) is 42.5 Å². The molecule has 2 N–H and O–H groups in total. The number of aryl methyl sites for hydroxylation is 1. The molecule has 1 heterocycles. The maximum absolute atomic E-state index is 13.1. The molecule has 3 rings (SSSR count). The van der Waals surface area contributed by atoms with Crippen LogP contribution in [0.4, 0.5) is 20.6 Å². The SMILES string of the molecule is Cc1ccc(OC(=O)Nc2ccc3c(c2)NC(=O)C(F)O3)cc1. The highest BCUT2D eigenvalue weighted by Crippen LogP contribution is 2.32. The van der Waals surface area contributed by atoms with E-state index < -0.39 is 18.4 Å². The number of hydrogen-bond donors (Lipinski definition) is 2. The molecular weight excluding hydrogens is 303 g/mol. The zero-order valence-corrected chi connectivity index (χ0v) is 12.1. The standard InChI is InChI=1S/C16H13FN2O4/c1-9-2-5-11(6-3-9)22-16(21)18-10-4-7-13-12(8-10)19-15(20)14(17)23-13/h2-8,14H,1H3,(H,18,21)(H,19,20). The Morgan fingerprint density at radius 1 is 1.26 bits per heavy atom. The Bertz CT molecular complexity index is 761. The third-order valence-corrected chi connectivity index (χ3v) is 3.15. The van der Waals surface area contributed by atoms with E-state index in [0.717, 1.165) is 5.56 Å². The molecule has 0 aliphatic carbocycles. The van der Waals surface area contributed by atoms with Gasteiger partial charge in [0.15, 0.2) is 0 Å². The highest BCUT2D eigenvalue weighted by atomic mass is 19.1. The number of carbonyl (C=O) groups is 2. The third kappa shape index (κ3) is 3.39. The van der Waals surface area contributed by atoms with Gasteiger partial charge in [-0.25, -0.2) is 4.79 Å². The van der Waals surface area contributed by atoms with Gasteiger partial charge < -0.3 is 14.8 Å². The summed E-state index contributed by atoms with van der Waals surface area (Å²) in [6, 6.07) is 11.4. The first kappa shape index (κ1) is 14.8. The van der Waals surface area contributed by atoms with Gasteiger partial charge in [0, 0.05) is 5.69 Å². The molecule has 0 bridgehead atoms. The van der Waals surface area contributed by atoms with E-state index >= 15 is 0 Å². The molecule has 7 heteroatoms. The largest absolute Gasteiger partial charge is 0.450 e. The number of anilines is 2. The number of carbonyl (C=O) groups excluding carboxylic acids is 2. The Labute approximate surface area is 131 Å². The summed E-state index contributed by atoms with van der Waals surface area (Å²) in [6.45, 7) is 1.93. The van der Waals surface area contributed by atoms with Crippen molar-refractivity contribution in [1.29, 1.82) is 0 Å². The molecule has 118 valence electrons. The number of nitrogens with one attached hydrogen (secondary N) is 2. The van der Waals surface area contributed by atoms with E-state index in [4.69, 9.17) is 9.47 Å². The lowest BCUT2D eigenvalue weighted by atomic mass is 10.2. The van der Waals surface area contributed by atoms with Gasteiger partial charge in [0.2, 0.25) is 0 Å². The molecule has 1 atom stereocenters. The van der Waals surface area contributed by atoms with Crippen LogP contribution < -0.4 is 20.1 Å². The summed E-state index contributed by atoms with van der Waals surface area (Å²) in [7, 11) is 0. The maximum Gasteiger partial charge on any atom is 0.417 e. The molecule has 6 nitrogen and oxygen atoms in total. The van der Waals surface area contributed by atoms with Gasteiger partial charge in [0.05, 0.1) is 5.69 Å². The van der Waals surface area contributed by atoms with E-state index in [9.17, 15) is 14.0 Å². The minimum absolute atomic E-state index is 0.189. The minimum atomic E-state index is -2.03. The van der Waals surface area contributed by atoms with Crippen molar-refractivity contribution in [2.75, 3.05) is 10.6 Å². The lowest BCUT2D eigenvalue weighted by Gasteiger charge is -2.21. The zero-order valence-electron chi connectivity index (χ0n) is 12.1. The van der Waals surface area contributed by atoms with Crippen LogP contribution in [0.1, 0.15) is 5.56 Å². The molecule has 2 amide bonds. The fraction of sp³-hybridized carbons (Fsp3) is 0.125. The van der Waals surface area contributed by atoms with Crippen molar-refractivity contribution >= 4 is 23.4 Å². The number of benzene rings is 2. The fourth-order valence-corrected chi connectivity index (χ4v) is 2.02. The first-order chi connectivity index (χ1) is 11.0. The first-order valence-corrected chi connectivity index (χ1v) is 6.82. The van der Waals surface area contributed by atoms with E-state index in [2.05, 4.69) is 10.6 Å². The van der Waals surface area contributed by atoms with Gasteiger partial charge in [-0.3, -0.25) is 10.1 Å². The van der Waals surface area contributed by atoms with Crippen LogP contribution in [0, 0.1) is 6.92 Å². The smallest absolute Gasteiger partial charge is 0.417 e. The number of ether oxygens (including phenoxy) is 2. The van der Waals surface area contributed by atoms with Crippen molar-refractivity contribution in [3.8, 4) is 11.5 Å². The first-order valence-electron chi connectivity index (χ1n) is 6.82. The summed E-state index contributed by atoms with van der Waals surface area (Å²) in [4.78, 5) is 23.1. The molecule has 0 saturated carbocycles. The van der Waals surface area contributed by atoms with Crippen LogP contribution in [-0.4, -0.2) is 18.4 Å². The van der Waals surface area contributed by atoms with Gasteiger partial charge in [-0.1, -0.05) is 17.7 Å². The van der Waals surface area contributed by atoms with Crippen LogP contribution in [0.3, 0.4) is 0 Å². The Hall–Kier alpha value is -3.09. The monoisotopic (exact) mass is 316 g/mol. The molecule has 0 spiro atoms. The highest BCUT2D eigenvalue weighted by Gasteiger charge is 2.27. The topological polar surface area (TPSA) is 76.7 Å². The highest BCUT2D eigenvalue weighted by molar-refractivity contribution is 5.98. The minimum Gasteiger partial charge on any atom is -0.450 e. The number of halogens is 1. The molecule has 2 aromatic rings. The molecule has 0 fully saturated rings. The van der Waals surface area contributed by atoms with Crippen LogP contribution in [0.2, 0.25) is 0 Å². The lowest BCUT2D eigenvalue weighted by molar-refractivity contribution is -0.130. The number of fused-ring (bicyclic) bond motifs is 1. The third-order valence-electron chi connectivity index (χ3n) is 3.15. The lowest BCUT2D eigenvalue weighted by Crippen LogP contribution is -2.33. The Kier molecular flexibility index (Phi) is 3.84. The Morgan fingerprint density at radius 3 is 2.74 bits per heavy atom. The summed E-state index contributed by atoms with van der Waals surface area (Å²) in [5.74, 6) is -0.297. The van der Waals surface area contributed by atoms with Gasteiger partial charge in [-0.2, -0.15) is 4.39 Å². The quantitative estimate of drug-likeness (QED) is 0.892. The van der Waals surface area contributed by atoms with Crippen molar-refractivity contribution in [3.05, 3.63) is 48.0 Å². The van der Waals surface area contributed by atoms with Gasteiger partial charge in [-0.15, -0.1) is 0 Å². The Balaban J connectivity index is 1.68. The van der Waals surface area contributed by atoms with Gasteiger partial charge in [-0.05, 0) is 37.3 Å². The van der Waals surface area contributed by atoms with Gasteiger partial charge in [0.1, 0.15) is 11.5 Å². The van der Waals surface area contributed by atoms with E-state index in [1.807, 2.05) is 19.1 Å². The van der Waals surface area contributed by atoms with Crippen LogP contribution in [-0.2, 0) is 4.79 Å². The van der Waals surface area contributed by atoms with Crippen molar-refractivity contribution < 1.29 is 23.5 Å². The number of rotatable bonds is 2. The molecule has 1 aliphatic rings. The fourth-order valence-electron chi connectivity index (χ4n) is 2.02. The summed E-state index contributed by atoms with van der Waals surface area (Å²) >= 11 is 0. The molecule has 1 unspecified atom stereocenters. The molecule has 0 saturated heterocycles. The van der Waals surface area contributed by atoms with Crippen LogP contribution in [0.25, 0.3) is 0 Å². The van der Waals surface area contributed by atoms with Gasteiger partial charge >= 0.3 is 12.5 Å². The second-order valence-corrected chi connectivity index (χ2v) is 4.96. The predicted octanol–water partition coefficient (Wildman–Crippen LogP) is 3.23. The predicted molar refractivity (Wildman–Crippen MR) is 81.4 cm³/mol. The Morgan fingerprint density at radius 2 is 2.00 bits per heavy atom. The zero-order chi connectivity index (χ0) is 16.4. The maximum atomic E-state index is 13.1. The van der Waals surface area contributed by atoms with Gasteiger partial charge in [0.25, 0.3) is 5.91 Å². The average molecular weight is 316 g/mol.